The van der Waals surface area contributed by atoms with Gasteiger partial charge in [-0.25, -0.2) is 8.42 Å². The molecule has 0 unspecified atom stereocenters. The van der Waals surface area contributed by atoms with Crippen LogP contribution in [-0.4, -0.2) is 63.1 Å². The number of carbonyl (C=O) groups excluding carboxylic acids is 1. The van der Waals surface area contributed by atoms with Crippen molar-refractivity contribution in [3.63, 3.8) is 0 Å². The third kappa shape index (κ3) is 5.10. The first-order valence-electron chi connectivity index (χ1n) is 7.58. The lowest BCUT2D eigenvalue weighted by Gasteiger charge is -2.32. The zero-order chi connectivity index (χ0) is 16.2. The van der Waals surface area contributed by atoms with E-state index in [0.29, 0.717) is 13.1 Å². The Bertz CT molecular complexity index is 603. The lowest BCUT2D eigenvalue weighted by atomic mass is 10.2. The number of rotatable bonds is 5. The highest BCUT2D eigenvalue weighted by Gasteiger charge is 2.21. The van der Waals surface area contributed by atoms with Gasteiger partial charge in [-0.15, -0.1) is 0 Å². The molecule has 0 atom stereocenters. The Balaban J connectivity index is 1.84. The maximum Gasteiger partial charge on any atom is 0.223 e. The fourth-order valence-electron chi connectivity index (χ4n) is 2.47. The molecule has 0 radical (unpaired) electrons. The molecule has 6 heteroatoms. The molecular weight excluding hydrogens is 300 g/mol. The van der Waals surface area contributed by atoms with E-state index in [0.717, 1.165) is 24.2 Å². The molecule has 0 spiro atoms. The Morgan fingerprint density at radius 3 is 2.27 bits per heavy atom. The average Bonchev–Trinajstić information content (AvgIpc) is 2.48. The second kappa shape index (κ2) is 7.24. The molecule has 1 fully saturated rings. The second-order valence-electron chi connectivity index (χ2n) is 6.01. The van der Waals surface area contributed by atoms with E-state index < -0.39 is 9.84 Å². The highest BCUT2D eigenvalue weighted by molar-refractivity contribution is 7.90. The highest BCUT2D eigenvalue weighted by atomic mass is 32.2. The molecule has 0 saturated carbocycles. The summed E-state index contributed by atoms with van der Waals surface area (Å²) >= 11 is 0. The van der Waals surface area contributed by atoms with Crippen LogP contribution in [0.25, 0.3) is 0 Å². The summed E-state index contributed by atoms with van der Waals surface area (Å²) in [6.45, 7) is 5.04. The number of amides is 1. The van der Waals surface area contributed by atoms with Crippen LogP contribution in [0, 0.1) is 6.92 Å². The van der Waals surface area contributed by atoms with E-state index in [1.807, 2.05) is 38.2 Å². The van der Waals surface area contributed by atoms with Gasteiger partial charge >= 0.3 is 0 Å². The third-order valence-corrected chi connectivity index (χ3v) is 5.59. The largest absolute Gasteiger partial charge is 0.340 e. The van der Waals surface area contributed by atoms with Crippen molar-refractivity contribution in [1.82, 2.24) is 9.80 Å². The number of sulfone groups is 1. The van der Waals surface area contributed by atoms with Crippen molar-refractivity contribution in [2.45, 2.75) is 19.1 Å². The van der Waals surface area contributed by atoms with Crippen molar-refractivity contribution in [3.8, 4) is 0 Å². The van der Waals surface area contributed by atoms with Crippen LogP contribution in [0.1, 0.15) is 17.5 Å². The molecule has 5 nitrogen and oxygen atoms in total. The molecule has 1 aliphatic heterocycles. The van der Waals surface area contributed by atoms with Gasteiger partial charge in [0.2, 0.25) is 5.91 Å². The number of hydrogen-bond acceptors (Lipinski definition) is 4. The van der Waals surface area contributed by atoms with Crippen LogP contribution in [-0.2, 0) is 20.4 Å². The third-order valence-electron chi connectivity index (χ3n) is 3.99. The van der Waals surface area contributed by atoms with Crippen LogP contribution in [0.4, 0.5) is 0 Å². The molecule has 0 bridgehead atoms. The number of likely N-dealkylation sites (N-methyl/N-ethyl adjacent to an activating group) is 1. The Morgan fingerprint density at radius 2 is 1.68 bits per heavy atom. The Labute approximate surface area is 132 Å². The summed E-state index contributed by atoms with van der Waals surface area (Å²) in [5.41, 5.74) is 1.88. The molecule has 1 aromatic rings. The lowest BCUT2D eigenvalue weighted by Crippen LogP contribution is -2.47. The van der Waals surface area contributed by atoms with Crippen LogP contribution in [0.5, 0.6) is 0 Å². The molecular formula is C16H24N2O3S. The van der Waals surface area contributed by atoms with E-state index in [-0.39, 0.29) is 23.8 Å². The molecule has 1 amide bonds. The van der Waals surface area contributed by atoms with Gasteiger partial charge in [-0.1, -0.05) is 29.8 Å². The molecule has 1 aromatic carbocycles. The molecule has 2 rings (SSSR count). The zero-order valence-corrected chi connectivity index (χ0v) is 14.1. The predicted octanol–water partition coefficient (Wildman–Crippen LogP) is 1.07. The van der Waals surface area contributed by atoms with Gasteiger partial charge in [-0.3, -0.25) is 4.79 Å². The normalized spacial score (nSPS) is 16.7. The van der Waals surface area contributed by atoms with E-state index in [1.54, 1.807) is 4.90 Å². The standard InChI is InChI=1S/C16H24N2O3S/c1-14-3-5-15(6-4-14)13-22(20,21)12-7-16(19)18-10-8-17(2)9-11-18/h3-6H,7-13H2,1-2H3. The van der Waals surface area contributed by atoms with Gasteiger partial charge in [-0.05, 0) is 19.5 Å². The molecule has 0 aromatic heterocycles. The monoisotopic (exact) mass is 324 g/mol. The molecule has 22 heavy (non-hydrogen) atoms. The van der Waals surface area contributed by atoms with E-state index in [1.165, 1.54) is 0 Å². The fraction of sp³-hybridized carbons (Fsp3) is 0.562. The van der Waals surface area contributed by atoms with Crippen molar-refractivity contribution in [3.05, 3.63) is 35.4 Å². The topological polar surface area (TPSA) is 57.7 Å². The summed E-state index contributed by atoms with van der Waals surface area (Å²) in [6.07, 6.45) is 0.0813. The van der Waals surface area contributed by atoms with Crippen LogP contribution < -0.4 is 0 Å². The van der Waals surface area contributed by atoms with Crippen molar-refractivity contribution >= 4 is 15.7 Å². The maximum absolute atomic E-state index is 12.1. The summed E-state index contributed by atoms with van der Waals surface area (Å²) in [5.74, 6) is -0.129. The minimum Gasteiger partial charge on any atom is -0.340 e. The SMILES string of the molecule is Cc1ccc(CS(=O)(=O)CCC(=O)N2CCN(C)CC2)cc1. The van der Waals surface area contributed by atoms with E-state index >= 15 is 0 Å². The molecule has 1 aliphatic rings. The first kappa shape index (κ1) is 17.0. The first-order chi connectivity index (χ1) is 10.4. The van der Waals surface area contributed by atoms with Gasteiger partial charge in [-0.2, -0.15) is 0 Å². The fourth-order valence-corrected chi connectivity index (χ4v) is 3.80. The molecule has 0 N–H and O–H groups in total. The van der Waals surface area contributed by atoms with Gasteiger partial charge in [0.05, 0.1) is 11.5 Å². The molecule has 0 aliphatic carbocycles. The van der Waals surface area contributed by atoms with Crippen molar-refractivity contribution in [2.75, 3.05) is 39.0 Å². The van der Waals surface area contributed by atoms with E-state index in [2.05, 4.69) is 4.90 Å². The smallest absolute Gasteiger partial charge is 0.223 e. The summed E-state index contributed by atoms with van der Waals surface area (Å²) in [7, 11) is -1.23. The molecule has 1 heterocycles. The summed E-state index contributed by atoms with van der Waals surface area (Å²) in [5, 5.41) is 0. The van der Waals surface area contributed by atoms with Crippen molar-refractivity contribution in [1.29, 1.82) is 0 Å². The average molecular weight is 324 g/mol. The Morgan fingerprint density at radius 1 is 1.09 bits per heavy atom. The highest BCUT2D eigenvalue weighted by Crippen LogP contribution is 2.10. The second-order valence-corrected chi connectivity index (χ2v) is 8.20. The van der Waals surface area contributed by atoms with Gasteiger partial charge in [0.1, 0.15) is 0 Å². The number of aryl methyl sites for hydroxylation is 1. The van der Waals surface area contributed by atoms with E-state index in [4.69, 9.17) is 0 Å². The lowest BCUT2D eigenvalue weighted by molar-refractivity contribution is -0.132. The van der Waals surface area contributed by atoms with Crippen LogP contribution in [0.15, 0.2) is 24.3 Å². The number of nitrogens with zero attached hydrogens (tertiary/aromatic N) is 2. The van der Waals surface area contributed by atoms with Gasteiger partial charge in [0.15, 0.2) is 9.84 Å². The molecule has 1 saturated heterocycles. The van der Waals surface area contributed by atoms with Crippen molar-refractivity contribution in [2.24, 2.45) is 0 Å². The number of hydrogen-bond donors (Lipinski definition) is 0. The van der Waals surface area contributed by atoms with E-state index in [9.17, 15) is 13.2 Å². The quantitative estimate of drug-likeness (QED) is 0.813. The number of benzene rings is 1. The van der Waals surface area contributed by atoms with Crippen LogP contribution in [0.2, 0.25) is 0 Å². The van der Waals surface area contributed by atoms with Gasteiger partial charge in [0.25, 0.3) is 0 Å². The zero-order valence-electron chi connectivity index (χ0n) is 13.3. The summed E-state index contributed by atoms with van der Waals surface area (Å²) in [4.78, 5) is 16.0. The number of piperazine rings is 1. The minimum absolute atomic E-state index is 0.00327. The summed E-state index contributed by atoms with van der Waals surface area (Å²) < 4.78 is 24.3. The van der Waals surface area contributed by atoms with Crippen molar-refractivity contribution < 1.29 is 13.2 Å². The predicted molar refractivity (Wildman–Crippen MR) is 87.4 cm³/mol. The van der Waals surface area contributed by atoms with Gasteiger partial charge < -0.3 is 9.80 Å². The minimum atomic E-state index is -3.25. The van der Waals surface area contributed by atoms with Crippen LogP contribution >= 0.6 is 0 Å². The maximum atomic E-state index is 12.1. The first-order valence-corrected chi connectivity index (χ1v) is 9.40. The van der Waals surface area contributed by atoms with Crippen LogP contribution in [0.3, 0.4) is 0 Å². The summed E-state index contributed by atoms with van der Waals surface area (Å²) in [6, 6.07) is 7.46. The van der Waals surface area contributed by atoms with Gasteiger partial charge in [0, 0.05) is 32.6 Å². The Kier molecular flexibility index (Phi) is 5.58. The number of carbonyl (C=O) groups is 1. The Hall–Kier alpha value is -1.40. The molecule has 122 valence electrons.